The molecule has 11 heteroatoms. The summed E-state index contributed by atoms with van der Waals surface area (Å²) in [7, 11) is 0. The second-order valence-corrected chi connectivity index (χ2v) is 8.99. The van der Waals surface area contributed by atoms with Gasteiger partial charge in [-0.3, -0.25) is 14.2 Å². The molecule has 1 aliphatic rings. The topological polar surface area (TPSA) is 74.3 Å². The van der Waals surface area contributed by atoms with Crippen LogP contribution in [0, 0.1) is 19.7 Å². The van der Waals surface area contributed by atoms with Crippen molar-refractivity contribution in [3.63, 3.8) is 0 Å². The van der Waals surface area contributed by atoms with E-state index in [0.717, 1.165) is 0 Å². The molecule has 35 heavy (non-hydrogen) atoms. The lowest BCUT2D eigenvalue weighted by molar-refractivity contribution is 0.00415. The normalized spacial score (nSPS) is 18.5. The number of halogens is 4. The summed E-state index contributed by atoms with van der Waals surface area (Å²) in [6.07, 6.45) is 4.55. The van der Waals surface area contributed by atoms with Crippen LogP contribution < -0.4 is 5.56 Å². The van der Waals surface area contributed by atoms with Crippen molar-refractivity contribution in [1.29, 1.82) is 0 Å². The quantitative estimate of drug-likeness (QED) is 0.373. The van der Waals surface area contributed by atoms with E-state index in [9.17, 15) is 13.6 Å². The predicted octanol–water partition coefficient (Wildman–Crippen LogP) is 5.39. The molecule has 1 aliphatic heterocycles. The van der Waals surface area contributed by atoms with Crippen LogP contribution in [0.2, 0.25) is 5.02 Å². The van der Waals surface area contributed by atoms with E-state index >= 15 is 4.39 Å². The molecule has 0 amide bonds. The molecule has 3 aromatic heterocycles. The smallest absolute Gasteiger partial charge is 0.333 e. The molecular weight excluding hydrogens is 483 g/mol. The van der Waals surface area contributed by atoms with Gasteiger partial charge in [-0.25, -0.2) is 14.1 Å². The van der Waals surface area contributed by atoms with E-state index in [-0.39, 0.29) is 22.1 Å². The first kappa shape index (κ1) is 23.5. The molecule has 1 saturated heterocycles. The van der Waals surface area contributed by atoms with Gasteiger partial charge < -0.3 is 4.74 Å². The highest BCUT2D eigenvalue weighted by molar-refractivity contribution is 6.30. The summed E-state index contributed by atoms with van der Waals surface area (Å²) in [6.45, 7) is 0.980. The Bertz CT molecular complexity index is 1490. The molecule has 1 aromatic carbocycles. The highest BCUT2D eigenvalue weighted by atomic mass is 35.5. The highest BCUT2D eigenvalue weighted by Crippen LogP contribution is 2.41. The lowest BCUT2D eigenvalue weighted by Gasteiger charge is -2.30. The maximum Gasteiger partial charge on any atom is 0.333 e. The zero-order valence-electron chi connectivity index (χ0n) is 18.9. The minimum absolute atomic E-state index is 0.170. The highest BCUT2D eigenvalue weighted by Gasteiger charge is 2.31. The molecule has 0 spiro atoms. The third-order valence-electron chi connectivity index (χ3n) is 6.41. The zero-order chi connectivity index (χ0) is 24.9. The van der Waals surface area contributed by atoms with Crippen LogP contribution in [0.25, 0.3) is 16.9 Å². The molecule has 0 unspecified atom stereocenters. The molecule has 1 fully saturated rings. The average molecular weight is 504 g/mol. The molecule has 182 valence electrons. The van der Waals surface area contributed by atoms with Crippen LogP contribution in [0.15, 0.2) is 41.6 Å². The Labute approximate surface area is 203 Å². The Morgan fingerprint density at radius 3 is 2.74 bits per heavy atom. The Balaban J connectivity index is 1.67. The van der Waals surface area contributed by atoms with Gasteiger partial charge in [-0.1, -0.05) is 11.6 Å². The molecule has 7 nitrogen and oxygen atoms in total. The van der Waals surface area contributed by atoms with Gasteiger partial charge in [-0.05, 0) is 44.9 Å². The van der Waals surface area contributed by atoms with E-state index in [0.29, 0.717) is 58.0 Å². The van der Waals surface area contributed by atoms with Crippen LogP contribution >= 0.6 is 11.6 Å². The fourth-order valence-electron chi connectivity index (χ4n) is 4.48. The van der Waals surface area contributed by atoms with Gasteiger partial charge in [-0.15, -0.1) is 0 Å². The van der Waals surface area contributed by atoms with Gasteiger partial charge in [-0.2, -0.15) is 13.9 Å². The van der Waals surface area contributed by atoms with Gasteiger partial charge in [0.15, 0.2) is 5.65 Å². The van der Waals surface area contributed by atoms with E-state index < -0.39 is 18.5 Å². The van der Waals surface area contributed by atoms with E-state index in [4.69, 9.17) is 16.3 Å². The summed E-state index contributed by atoms with van der Waals surface area (Å²) >= 11 is 5.99. The summed E-state index contributed by atoms with van der Waals surface area (Å²) in [5.41, 5.74) is 2.47. The average Bonchev–Trinajstić information content (AvgIpc) is 3.33. The number of aromatic nitrogens is 5. The van der Waals surface area contributed by atoms with Gasteiger partial charge in [0.1, 0.15) is 5.82 Å². The Morgan fingerprint density at radius 2 is 2.03 bits per heavy atom. The summed E-state index contributed by atoms with van der Waals surface area (Å²) in [6, 6.07) is 4.25. The lowest BCUT2D eigenvalue weighted by atomic mass is 9.87. The molecule has 0 saturated carbocycles. The Morgan fingerprint density at radius 1 is 1.23 bits per heavy atom. The zero-order valence-corrected chi connectivity index (χ0v) is 19.6. The maximum absolute atomic E-state index is 15.2. The van der Waals surface area contributed by atoms with E-state index in [2.05, 4.69) is 15.1 Å². The number of nitrogens with zero attached hydrogens (tertiary/aromatic N) is 5. The first-order valence-electron chi connectivity index (χ1n) is 11.0. The van der Waals surface area contributed by atoms with E-state index in [1.807, 2.05) is 0 Å². The van der Waals surface area contributed by atoms with Gasteiger partial charge >= 0.3 is 6.55 Å². The maximum atomic E-state index is 15.2. The van der Waals surface area contributed by atoms with Crippen molar-refractivity contribution < 1.29 is 17.9 Å². The first-order valence-corrected chi connectivity index (χ1v) is 11.4. The van der Waals surface area contributed by atoms with Crippen LogP contribution in [0.4, 0.5) is 13.2 Å². The third kappa shape index (κ3) is 4.21. The molecular formula is C24H21ClF3N5O2. The van der Waals surface area contributed by atoms with E-state index in [1.165, 1.54) is 35.1 Å². The number of rotatable bonds is 4. The Kier molecular flexibility index (Phi) is 6.10. The third-order valence-corrected chi connectivity index (χ3v) is 6.65. The standard InChI is InChI=1S/C24H21ClF3N5O2/c1-12-13(2)31-20-10-29-21(22(33(20)23(12)34)17-4-3-16(25)8-18(17)26)14-5-6-35-19(7-14)15-9-30-32(11-15)24(27)28/h3-4,8-11,14,19,24H,5-7H2,1-2H3/t14-,19+/m0/s1. The summed E-state index contributed by atoms with van der Waals surface area (Å²) in [4.78, 5) is 22.5. The number of ether oxygens (including phenoxy) is 1. The van der Waals surface area contributed by atoms with Gasteiger partial charge in [0.05, 0.1) is 29.9 Å². The van der Waals surface area contributed by atoms with Crippen LogP contribution in [0.1, 0.15) is 53.9 Å². The Hall–Kier alpha value is -3.24. The molecule has 4 heterocycles. The number of aryl methyl sites for hydroxylation is 1. The van der Waals surface area contributed by atoms with Crippen LogP contribution in [0.5, 0.6) is 0 Å². The number of hydrogen-bond acceptors (Lipinski definition) is 5. The molecule has 0 aliphatic carbocycles. The molecule has 5 rings (SSSR count). The van der Waals surface area contributed by atoms with Crippen molar-refractivity contribution in [3.8, 4) is 11.3 Å². The van der Waals surface area contributed by atoms with Crippen LogP contribution in [-0.2, 0) is 4.74 Å². The van der Waals surface area contributed by atoms with Crippen LogP contribution in [0.3, 0.4) is 0 Å². The van der Waals surface area contributed by atoms with Crippen molar-refractivity contribution in [2.45, 2.75) is 45.3 Å². The fourth-order valence-corrected chi connectivity index (χ4v) is 4.64. The summed E-state index contributed by atoms with van der Waals surface area (Å²) in [5.74, 6) is -0.841. The van der Waals surface area contributed by atoms with Crippen molar-refractivity contribution in [2.24, 2.45) is 0 Å². The van der Waals surface area contributed by atoms with Gasteiger partial charge in [0.2, 0.25) is 0 Å². The van der Waals surface area contributed by atoms with E-state index in [1.54, 1.807) is 19.9 Å². The molecule has 4 aromatic rings. The first-order chi connectivity index (χ1) is 16.7. The SMILES string of the molecule is Cc1nc2cnc([C@H]3CCO[C@@H](c4cnn(C(F)F)c4)C3)c(-c3ccc(Cl)cc3F)n2c(=O)c1C. The second-order valence-electron chi connectivity index (χ2n) is 8.55. The van der Waals surface area contributed by atoms with Crippen molar-refractivity contribution in [2.75, 3.05) is 6.61 Å². The molecule has 0 bridgehead atoms. The van der Waals surface area contributed by atoms with Crippen molar-refractivity contribution in [1.82, 2.24) is 24.1 Å². The molecule has 2 atom stereocenters. The van der Waals surface area contributed by atoms with Gasteiger partial charge in [0, 0.05) is 46.1 Å². The van der Waals surface area contributed by atoms with Crippen molar-refractivity contribution >= 4 is 17.2 Å². The minimum Gasteiger partial charge on any atom is -0.373 e. The molecule has 0 radical (unpaired) electrons. The largest absolute Gasteiger partial charge is 0.373 e. The summed E-state index contributed by atoms with van der Waals surface area (Å²) < 4.78 is 49.0. The minimum atomic E-state index is -2.75. The predicted molar refractivity (Wildman–Crippen MR) is 123 cm³/mol. The monoisotopic (exact) mass is 503 g/mol. The number of alkyl halides is 2. The van der Waals surface area contributed by atoms with Crippen LogP contribution in [-0.4, -0.2) is 30.8 Å². The molecule has 0 N–H and O–H groups in total. The summed E-state index contributed by atoms with van der Waals surface area (Å²) in [5, 5.41) is 3.92. The van der Waals surface area contributed by atoms with Crippen molar-refractivity contribution in [3.05, 3.63) is 80.5 Å². The number of fused-ring (bicyclic) bond motifs is 1. The fraction of sp³-hybridized carbons (Fsp3) is 0.333. The second kappa shape index (κ2) is 9.09. The van der Waals surface area contributed by atoms with Gasteiger partial charge in [0.25, 0.3) is 5.56 Å². The lowest BCUT2D eigenvalue weighted by Crippen LogP contribution is -2.25. The number of benzene rings is 1. The number of hydrogen-bond donors (Lipinski definition) is 0.